The van der Waals surface area contributed by atoms with Crippen molar-refractivity contribution >= 4 is 10.9 Å². The highest BCUT2D eigenvalue weighted by molar-refractivity contribution is 5.77. The fraction of sp³-hybridized carbons (Fsp3) is 0.429. The maximum Gasteiger partial charge on any atom is 0.264 e. The molecule has 1 aromatic heterocycles. The fourth-order valence-electron chi connectivity index (χ4n) is 2.64. The Morgan fingerprint density at radius 1 is 1.37 bits per heavy atom. The van der Waals surface area contributed by atoms with Crippen molar-refractivity contribution in [2.24, 2.45) is 0 Å². The van der Waals surface area contributed by atoms with Gasteiger partial charge in [0.15, 0.2) is 0 Å². The van der Waals surface area contributed by atoms with Gasteiger partial charge in [0.1, 0.15) is 11.2 Å². The predicted octanol–water partition coefficient (Wildman–Crippen LogP) is 1.85. The molecule has 0 radical (unpaired) electrons. The molecule has 3 rings (SSSR count). The number of nitrogens with zero attached hydrogens (tertiary/aromatic N) is 2. The Labute approximate surface area is 110 Å². The molecule has 1 aliphatic heterocycles. The Bertz CT molecular complexity index is 645. The van der Waals surface area contributed by atoms with Gasteiger partial charge in [-0.05, 0) is 31.5 Å². The fourth-order valence-corrected chi connectivity index (χ4v) is 2.64. The summed E-state index contributed by atoms with van der Waals surface area (Å²) in [5.41, 5.74) is 0.139. The van der Waals surface area contributed by atoms with Crippen LogP contribution in [0.1, 0.15) is 25.3 Å². The van der Waals surface area contributed by atoms with Gasteiger partial charge in [-0.2, -0.15) is 0 Å². The zero-order chi connectivity index (χ0) is 13.2. The summed E-state index contributed by atoms with van der Waals surface area (Å²) in [6.45, 7) is 1.71. The first kappa shape index (κ1) is 12.3. The summed E-state index contributed by atoms with van der Waals surface area (Å²) in [4.78, 5) is 16.6. The molecule has 0 aliphatic carbocycles. The van der Waals surface area contributed by atoms with E-state index in [-0.39, 0.29) is 17.0 Å². The van der Waals surface area contributed by atoms with E-state index in [2.05, 4.69) is 10.3 Å². The van der Waals surface area contributed by atoms with Crippen molar-refractivity contribution in [3.8, 4) is 0 Å². The topological polar surface area (TPSA) is 46.9 Å². The first-order valence-corrected chi connectivity index (χ1v) is 6.63. The van der Waals surface area contributed by atoms with E-state index in [0.717, 1.165) is 32.4 Å². The number of rotatable bonds is 1. The standard InChI is InChI=1S/C14H16FN3O/c15-11-5-3-6-12-13(11)14(19)18(9-17-12)10-4-1-2-7-16-8-10/h3,5-6,9-10,16H,1-2,4,7-8H2. The van der Waals surface area contributed by atoms with Crippen LogP contribution in [0.4, 0.5) is 4.39 Å². The Hall–Kier alpha value is -1.75. The Morgan fingerprint density at radius 2 is 2.26 bits per heavy atom. The van der Waals surface area contributed by atoms with Crippen molar-refractivity contribution < 1.29 is 4.39 Å². The summed E-state index contributed by atoms with van der Waals surface area (Å²) >= 11 is 0. The van der Waals surface area contributed by atoms with Gasteiger partial charge in [0.05, 0.1) is 17.9 Å². The summed E-state index contributed by atoms with van der Waals surface area (Å²) < 4.78 is 15.4. The van der Waals surface area contributed by atoms with Gasteiger partial charge in [0.2, 0.25) is 0 Å². The van der Waals surface area contributed by atoms with E-state index in [4.69, 9.17) is 0 Å². The molecule has 1 N–H and O–H groups in total. The average molecular weight is 261 g/mol. The first-order valence-electron chi connectivity index (χ1n) is 6.63. The second kappa shape index (κ2) is 5.09. The van der Waals surface area contributed by atoms with Crippen molar-refractivity contribution in [2.75, 3.05) is 13.1 Å². The van der Waals surface area contributed by atoms with Gasteiger partial charge in [0.25, 0.3) is 5.56 Å². The quantitative estimate of drug-likeness (QED) is 0.852. The number of fused-ring (bicyclic) bond motifs is 1. The lowest BCUT2D eigenvalue weighted by molar-refractivity contribution is 0.446. The molecule has 19 heavy (non-hydrogen) atoms. The molecule has 1 aliphatic rings. The highest BCUT2D eigenvalue weighted by atomic mass is 19.1. The Morgan fingerprint density at radius 3 is 3.16 bits per heavy atom. The van der Waals surface area contributed by atoms with Gasteiger partial charge in [-0.3, -0.25) is 9.36 Å². The van der Waals surface area contributed by atoms with Gasteiger partial charge < -0.3 is 5.32 Å². The molecule has 0 spiro atoms. The van der Waals surface area contributed by atoms with Crippen LogP contribution in [0, 0.1) is 5.82 Å². The third-order valence-electron chi connectivity index (χ3n) is 3.68. The largest absolute Gasteiger partial charge is 0.315 e. The molecule has 1 unspecified atom stereocenters. The lowest BCUT2D eigenvalue weighted by Crippen LogP contribution is -2.31. The molecule has 0 bridgehead atoms. The maximum absolute atomic E-state index is 13.8. The van der Waals surface area contributed by atoms with E-state index in [1.807, 2.05) is 0 Å². The van der Waals surface area contributed by atoms with Crippen LogP contribution in [-0.4, -0.2) is 22.6 Å². The highest BCUT2D eigenvalue weighted by Gasteiger charge is 2.17. The van der Waals surface area contributed by atoms with Gasteiger partial charge in [-0.1, -0.05) is 12.5 Å². The highest BCUT2D eigenvalue weighted by Crippen LogP contribution is 2.17. The minimum absolute atomic E-state index is 0.0616. The molecular formula is C14H16FN3O. The Balaban J connectivity index is 2.11. The average Bonchev–Trinajstić information content (AvgIpc) is 2.68. The van der Waals surface area contributed by atoms with Crippen LogP contribution in [0.2, 0.25) is 0 Å². The normalized spacial score (nSPS) is 20.4. The van der Waals surface area contributed by atoms with Gasteiger partial charge in [-0.25, -0.2) is 9.37 Å². The van der Waals surface area contributed by atoms with Crippen LogP contribution in [0.15, 0.2) is 29.3 Å². The van der Waals surface area contributed by atoms with Gasteiger partial charge in [-0.15, -0.1) is 0 Å². The van der Waals surface area contributed by atoms with Crippen molar-refractivity contribution in [3.05, 3.63) is 40.7 Å². The number of hydrogen-bond donors (Lipinski definition) is 1. The monoisotopic (exact) mass is 261 g/mol. The molecule has 100 valence electrons. The van der Waals surface area contributed by atoms with E-state index in [1.165, 1.54) is 6.07 Å². The Kier molecular flexibility index (Phi) is 3.29. The van der Waals surface area contributed by atoms with Gasteiger partial charge in [0, 0.05) is 6.54 Å². The molecule has 4 nitrogen and oxygen atoms in total. The second-order valence-electron chi connectivity index (χ2n) is 4.94. The van der Waals surface area contributed by atoms with Crippen molar-refractivity contribution in [3.63, 3.8) is 0 Å². The molecule has 1 fully saturated rings. The SMILES string of the molecule is O=c1c2c(F)cccc2ncn1C1CCCCNC1. The number of halogens is 1. The lowest BCUT2D eigenvalue weighted by atomic mass is 10.1. The predicted molar refractivity (Wildman–Crippen MR) is 71.7 cm³/mol. The zero-order valence-electron chi connectivity index (χ0n) is 10.6. The summed E-state index contributed by atoms with van der Waals surface area (Å²) in [5, 5.41) is 3.40. The van der Waals surface area contributed by atoms with Gasteiger partial charge >= 0.3 is 0 Å². The maximum atomic E-state index is 13.8. The van der Waals surface area contributed by atoms with Crippen molar-refractivity contribution in [1.29, 1.82) is 0 Å². The third-order valence-corrected chi connectivity index (χ3v) is 3.68. The number of benzene rings is 1. The van der Waals surface area contributed by atoms with E-state index >= 15 is 0 Å². The number of nitrogens with one attached hydrogen (secondary N) is 1. The van der Waals surface area contributed by atoms with Crippen molar-refractivity contribution in [2.45, 2.75) is 25.3 Å². The molecule has 1 saturated heterocycles. The summed E-state index contributed by atoms with van der Waals surface area (Å²) in [7, 11) is 0. The molecule has 0 amide bonds. The smallest absolute Gasteiger partial charge is 0.264 e. The minimum atomic E-state index is -0.495. The van der Waals surface area contributed by atoms with Crippen LogP contribution in [-0.2, 0) is 0 Å². The van der Waals surface area contributed by atoms with E-state index < -0.39 is 5.82 Å². The molecule has 1 aromatic carbocycles. The van der Waals surface area contributed by atoms with E-state index in [9.17, 15) is 9.18 Å². The zero-order valence-corrected chi connectivity index (χ0v) is 10.6. The molecule has 2 heterocycles. The third kappa shape index (κ3) is 2.26. The summed E-state index contributed by atoms with van der Waals surface area (Å²) in [5.74, 6) is -0.495. The van der Waals surface area contributed by atoms with Crippen molar-refractivity contribution in [1.82, 2.24) is 14.9 Å². The van der Waals surface area contributed by atoms with Crippen LogP contribution in [0.3, 0.4) is 0 Å². The molecule has 2 aromatic rings. The summed E-state index contributed by atoms with van der Waals surface area (Å²) in [6, 6.07) is 4.60. The van der Waals surface area contributed by atoms with Crippen LogP contribution in [0.25, 0.3) is 10.9 Å². The lowest BCUT2D eigenvalue weighted by Gasteiger charge is -2.17. The summed E-state index contributed by atoms with van der Waals surface area (Å²) in [6.07, 6.45) is 4.65. The second-order valence-corrected chi connectivity index (χ2v) is 4.94. The first-order chi connectivity index (χ1) is 9.27. The molecule has 5 heteroatoms. The number of aromatic nitrogens is 2. The molecule has 0 saturated carbocycles. The van der Waals surface area contributed by atoms with Crippen LogP contribution < -0.4 is 10.9 Å². The number of hydrogen-bond acceptors (Lipinski definition) is 3. The van der Waals surface area contributed by atoms with Crippen LogP contribution >= 0.6 is 0 Å². The van der Waals surface area contributed by atoms with E-state index in [1.54, 1.807) is 23.0 Å². The minimum Gasteiger partial charge on any atom is -0.315 e. The molecule has 1 atom stereocenters. The van der Waals surface area contributed by atoms with Crippen LogP contribution in [0.5, 0.6) is 0 Å². The molecular weight excluding hydrogens is 245 g/mol. The van der Waals surface area contributed by atoms with E-state index in [0.29, 0.717) is 5.52 Å².